The fraction of sp³-hybridized carbons (Fsp3) is 0.621. The molecule has 0 bridgehead atoms. The van der Waals surface area contributed by atoms with Gasteiger partial charge in [0.2, 0.25) is 5.95 Å². The lowest BCUT2D eigenvalue weighted by molar-refractivity contribution is -0.0297. The summed E-state index contributed by atoms with van der Waals surface area (Å²) in [4.78, 5) is 30.1. The standard InChI is InChI=1S/C29H41BN6O5/c1-19(2)36-25(34-11-15-38-16-12-34)22-23(26(36)37)32-27(35-13-17-39-18-14-35)33-24(22)31-21-9-7-20(8-10-21)30-40-28(3,4)29(5,6)41-30/h7-10,19,25H,11-18H2,1-6H3,(H,31,32,33). The number of benzene rings is 1. The molecule has 220 valence electrons. The molecular weight excluding hydrogens is 523 g/mol. The highest BCUT2D eigenvalue weighted by atomic mass is 16.7. The zero-order valence-corrected chi connectivity index (χ0v) is 25.0. The molecule has 3 fully saturated rings. The normalized spacial score (nSPS) is 24.3. The van der Waals surface area contributed by atoms with Crippen LogP contribution in [0.1, 0.15) is 63.8 Å². The van der Waals surface area contributed by atoms with Gasteiger partial charge in [0.15, 0.2) is 0 Å². The molecule has 1 aromatic carbocycles. The molecule has 0 saturated carbocycles. The quantitative estimate of drug-likeness (QED) is 0.527. The Labute approximate surface area is 242 Å². The Kier molecular flexibility index (Phi) is 7.48. The summed E-state index contributed by atoms with van der Waals surface area (Å²) < 4.78 is 23.7. The Morgan fingerprint density at radius 3 is 2.07 bits per heavy atom. The number of rotatable bonds is 6. The minimum absolute atomic E-state index is 0.0107. The fourth-order valence-corrected chi connectivity index (χ4v) is 5.77. The van der Waals surface area contributed by atoms with Crippen LogP contribution in [0.25, 0.3) is 0 Å². The van der Waals surface area contributed by atoms with Crippen LogP contribution in [0.5, 0.6) is 0 Å². The van der Waals surface area contributed by atoms with Crippen molar-refractivity contribution >= 4 is 35.9 Å². The van der Waals surface area contributed by atoms with Crippen LogP contribution < -0.4 is 15.7 Å². The minimum atomic E-state index is -0.437. The Hall–Kier alpha value is -2.77. The predicted octanol–water partition coefficient (Wildman–Crippen LogP) is 2.55. The number of ether oxygens (including phenoxy) is 2. The number of nitrogens with one attached hydrogen (secondary N) is 1. The summed E-state index contributed by atoms with van der Waals surface area (Å²) in [6, 6.07) is 8.02. The number of fused-ring (bicyclic) bond motifs is 1. The molecule has 1 aromatic heterocycles. The number of anilines is 3. The summed E-state index contributed by atoms with van der Waals surface area (Å²) in [5.41, 5.74) is 2.27. The smallest absolute Gasteiger partial charge is 0.399 e. The lowest BCUT2D eigenvalue weighted by Gasteiger charge is -2.39. The van der Waals surface area contributed by atoms with Crippen LogP contribution in [-0.2, 0) is 18.8 Å². The highest BCUT2D eigenvalue weighted by Gasteiger charge is 2.51. The monoisotopic (exact) mass is 564 g/mol. The van der Waals surface area contributed by atoms with Crippen molar-refractivity contribution in [2.24, 2.45) is 0 Å². The second-order valence-corrected chi connectivity index (χ2v) is 12.4. The molecule has 5 heterocycles. The van der Waals surface area contributed by atoms with E-state index in [9.17, 15) is 4.79 Å². The maximum absolute atomic E-state index is 13.9. The van der Waals surface area contributed by atoms with Gasteiger partial charge in [-0.25, -0.2) is 4.98 Å². The number of amides is 1. The molecule has 12 heteroatoms. The largest absolute Gasteiger partial charge is 0.494 e. The van der Waals surface area contributed by atoms with E-state index in [1.54, 1.807) is 0 Å². The van der Waals surface area contributed by atoms with E-state index in [1.165, 1.54) is 0 Å². The molecule has 4 aliphatic rings. The summed E-state index contributed by atoms with van der Waals surface area (Å²) in [7, 11) is -0.437. The molecule has 1 atom stereocenters. The Bertz CT molecular complexity index is 1260. The van der Waals surface area contributed by atoms with Gasteiger partial charge in [-0.15, -0.1) is 0 Å². The van der Waals surface area contributed by atoms with Crippen LogP contribution in [0.2, 0.25) is 0 Å². The van der Waals surface area contributed by atoms with Crippen LogP contribution in [0.3, 0.4) is 0 Å². The van der Waals surface area contributed by atoms with Gasteiger partial charge in [-0.3, -0.25) is 9.69 Å². The number of carbonyl (C=O) groups excluding carboxylic acids is 1. The number of nitrogens with zero attached hydrogens (tertiary/aromatic N) is 5. The molecule has 4 aliphatic heterocycles. The number of morpholine rings is 2. The molecule has 0 spiro atoms. The maximum Gasteiger partial charge on any atom is 0.494 e. The van der Waals surface area contributed by atoms with Gasteiger partial charge < -0.3 is 33.9 Å². The summed E-state index contributed by atoms with van der Waals surface area (Å²) in [5, 5.41) is 3.56. The third kappa shape index (κ3) is 5.21. The van der Waals surface area contributed by atoms with Crippen LogP contribution in [0, 0.1) is 0 Å². The highest BCUT2D eigenvalue weighted by Crippen LogP contribution is 2.42. The third-order valence-electron chi connectivity index (χ3n) is 8.83. The molecule has 0 radical (unpaired) electrons. The molecule has 2 aromatic rings. The molecule has 1 amide bonds. The van der Waals surface area contributed by atoms with E-state index >= 15 is 0 Å². The van der Waals surface area contributed by atoms with E-state index in [2.05, 4.69) is 56.7 Å². The summed E-state index contributed by atoms with van der Waals surface area (Å²) in [6.45, 7) is 17.6. The van der Waals surface area contributed by atoms with Crippen molar-refractivity contribution in [2.45, 2.75) is 65.0 Å². The van der Waals surface area contributed by atoms with Gasteiger partial charge in [0.05, 0.1) is 43.2 Å². The second-order valence-electron chi connectivity index (χ2n) is 12.4. The minimum Gasteiger partial charge on any atom is -0.399 e. The molecule has 6 rings (SSSR count). The molecule has 11 nitrogen and oxygen atoms in total. The first kappa shape index (κ1) is 28.4. The third-order valence-corrected chi connectivity index (χ3v) is 8.83. The predicted molar refractivity (Wildman–Crippen MR) is 157 cm³/mol. The Morgan fingerprint density at radius 2 is 1.49 bits per heavy atom. The van der Waals surface area contributed by atoms with E-state index in [4.69, 9.17) is 28.8 Å². The van der Waals surface area contributed by atoms with Crippen molar-refractivity contribution in [3.05, 3.63) is 35.5 Å². The SMILES string of the molecule is CC(C)N1C(=O)c2nc(N3CCOCC3)nc(Nc3ccc(B4OC(C)(C)C(C)(C)O4)cc3)c2C1N1CCOCC1. The van der Waals surface area contributed by atoms with E-state index < -0.39 is 18.3 Å². The van der Waals surface area contributed by atoms with E-state index in [-0.39, 0.29) is 18.1 Å². The average molecular weight is 564 g/mol. The van der Waals surface area contributed by atoms with Gasteiger partial charge in [0, 0.05) is 37.9 Å². The van der Waals surface area contributed by atoms with Crippen molar-refractivity contribution in [2.75, 3.05) is 62.8 Å². The Morgan fingerprint density at radius 1 is 0.902 bits per heavy atom. The van der Waals surface area contributed by atoms with E-state index in [0.717, 1.165) is 29.8 Å². The molecule has 1 N–H and O–H groups in total. The molecule has 1 unspecified atom stereocenters. The number of hydrogen-bond acceptors (Lipinski definition) is 10. The molecule has 0 aliphatic carbocycles. The lowest BCUT2D eigenvalue weighted by atomic mass is 9.79. The van der Waals surface area contributed by atoms with Crippen molar-refractivity contribution in [1.29, 1.82) is 0 Å². The van der Waals surface area contributed by atoms with E-state index in [1.807, 2.05) is 29.2 Å². The number of carbonyl (C=O) groups is 1. The lowest BCUT2D eigenvalue weighted by Crippen LogP contribution is -2.47. The van der Waals surface area contributed by atoms with Crippen molar-refractivity contribution < 1.29 is 23.6 Å². The zero-order valence-electron chi connectivity index (χ0n) is 25.0. The van der Waals surface area contributed by atoms with Crippen molar-refractivity contribution in [3.8, 4) is 0 Å². The van der Waals surface area contributed by atoms with E-state index in [0.29, 0.717) is 57.0 Å². The van der Waals surface area contributed by atoms with Crippen LogP contribution in [-0.4, -0.2) is 103 Å². The first-order chi connectivity index (χ1) is 19.6. The fourth-order valence-electron chi connectivity index (χ4n) is 5.77. The topological polar surface area (TPSA) is 102 Å². The number of aromatic nitrogens is 2. The molecule has 3 saturated heterocycles. The molecular formula is C29H41BN6O5. The highest BCUT2D eigenvalue weighted by molar-refractivity contribution is 6.62. The van der Waals surface area contributed by atoms with Gasteiger partial charge >= 0.3 is 7.12 Å². The van der Waals surface area contributed by atoms with Crippen LogP contribution in [0.4, 0.5) is 17.5 Å². The molecule has 41 heavy (non-hydrogen) atoms. The summed E-state index contributed by atoms with van der Waals surface area (Å²) in [5.74, 6) is 1.12. The van der Waals surface area contributed by atoms with Gasteiger partial charge in [-0.1, -0.05) is 12.1 Å². The first-order valence-corrected chi connectivity index (χ1v) is 14.7. The second kappa shape index (κ2) is 10.8. The first-order valence-electron chi connectivity index (χ1n) is 14.7. The average Bonchev–Trinajstić information content (AvgIpc) is 3.38. The van der Waals surface area contributed by atoms with Gasteiger partial charge in [-0.05, 0) is 59.1 Å². The van der Waals surface area contributed by atoms with Crippen molar-refractivity contribution in [3.63, 3.8) is 0 Å². The van der Waals surface area contributed by atoms with Gasteiger partial charge in [0.1, 0.15) is 17.7 Å². The summed E-state index contributed by atoms with van der Waals surface area (Å²) >= 11 is 0. The van der Waals surface area contributed by atoms with Crippen molar-refractivity contribution in [1.82, 2.24) is 19.8 Å². The Balaban J connectivity index is 1.36. The van der Waals surface area contributed by atoms with Crippen LogP contribution in [0.15, 0.2) is 24.3 Å². The summed E-state index contributed by atoms with van der Waals surface area (Å²) in [6.07, 6.45) is -0.272. The van der Waals surface area contributed by atoms with Crippen LogP contribution >= 0.6 is 0 Å². The zero-order chi connectivity index (χ0) is 28.9. The van der Waals surface area contributed by atoms with Gasteiger partial charge in [-0.2, -0.15) is 4.98 Å². The maximum atomic E-state index is 13.9. The number of hydrogen-bond donors (Lipinski definition) is 1. The van der Waals surface area contributed by atoms with Gasteiger partial charge in [0.25, 0.3) is 5.91 Å².